The summed E-state index contributed by atoms with van der Waals surface area (Å²) in [5, 5.41) is 17.5. The van der Waals surface area contributed by atoms with E-state index in [0.717, 1.165) is 33.4 Å². The minimum Gasteiger partial charge on any atom is -0.495 e. The van der Waals surface area contributed by atoms with Gasteiger partial charge in [0.05, 0.1) is 30.2 Å². The molecule has 0 bridgehead atoms. The molecule has 8 heteroatoms. The highest BCUT2D eigenvalue weighted by Crippen LogP contribution is 2.32. The number of pyridine rings is 1. The fourth-order valence-electron chi connectivity index (χ4n) is 3.17. The van der Waals surface area contributed by atoms with Gasteiger partial charge in [0.25, 0.3) is 0 Å². The number of aryl methyl sites for hydroxylation is 2. The molecule has 0 unspecified atom stereocenters. The number of aliphatic hydroxyl groups excluding tert-OH is 1. The van der Waals surface area contributed by atoms with Crippen LogP contribution in [-0.4, -0.2) is 43.6 Å². The monoisotopic (exact) mass is 390 g/mol. The average molecular weight is 390 g/mol. The lowest BCUT2D eigenvalue weighted by Crippen LogP contribution is -2.02. The molecule has 0 saturated carbocycles. The zero-order valence-electron chi connectivity index (χ0n) is 16.3. The lowest BCUT2D eigenvalue weighted by Gasteiger charge is -2.12. The second-order valence-corrected chi connectivity index (χ2v) is 6.66. The summed E-state index contributed by atoms with van der Waals surface area (Å²) in [6.45, 7) is 0.120. The smallest absolute Gasteiger partial charge is 0.227 e. The summed E-state index contributed by atoms with van der Waals surface area (Å²) in [7, 11) is 3.52. The lowest BCUT2D eigenvalue weighted by atomic mass is 10.1. The fourth-order valence-corrected chi connectivity index (χ4v) is 3.17. The summed E-state index contributed by atoms with van der Waals surface area (Å²) < 4.78 is 7.33. The Morgan fingerprint density at radius 1 is 1.14 bits per heavy atom. The number of hydrogen-bond acceptors (Lipinski definition) is 7. The molecule has 0 amide bonds. The van der Waals surface area contributed by atoms with Crippen molar-refractivity contribution in [1.82, 2.24) is 24.7 Å². The van der Waals surface area contributed by atoms with Crippen LogP contribution in [0.3, 0.4) is 0 Å². The third-order valence-corrected chi connectivity index (χ3v) is 4.63. The number of hydrogen-bond donors (Lipinski definition) is 2. The van der Waals surface area contributed by atoms with Crippen molar-refractivity contribution in [1.29, 1.82) is 0 Å². The topological polar surface area (TPSA) is 98.0 Å². The van der Waals surface area contributed by atoms with Crippen LogP contribution in [0, 0.1) is 0 Å². The number of fused-ring (bicyclic) bond motifs is 1. The number of aromatic nitrogens is 5. The Balaban J connectivity index is 1.65. The predicted octanol–water partition coefficient (Wildman–Crippen LogP) is 3.10. The summed E-state index contributed by atoms with van der Waals surface area (Å²) in [6.07, 6.45) is 8.58. The molecule has 3 heterocycles. The van der Waals surface area contributed by atoms with Crippen molar-refractivity contribution in [3.63, 3.8) is 0 Å². The van der Waals surface area contributed by atoms with Crippen molar-refractivity contribution in [2.45, 2.75) is 12.8 Å². The zero-order valence-corrected chi connectivity index (χ0v) is 16.3. The molecule has 0 aliphatic rings. The highest BCUT2D eigenvalue weighted by atomic mass is 16.5. The van der Waals surface area contributed by atoms with Gasteiger partial charge < -0.3 is 15.2 Å². The molecule has 0 aliphatic heterocycles. The number of rotatable bonds is 7. The van der Waals surface area contributed by atoms with Crippen LogP contribution in [0.2, 0.25) is 0 Å². The van der Waals surface area contributed by atoms with E-state index in [0.29, 0.717) is 24.5 Å². The SMILES string of the molecule is COc1cc(-c2cnn(C)c2)ccc1Nc1ncc2ccnc(CCCO)c2n1. The lowest BCUT2D eigenvalue weighted by molar-refractivity contribution is 0.288. The van der Waals surface area contributed by atoms with Crippen molar-refractivity contribution in [3.8, 4) is 16.9 Å². The number of nitrogens with one attached hydrogen (secondary N) is 1. The van der Waals surface area contributed by atoms with Crippen LogP contribution in [-0.2, 0) is 13.5 Å². The number of methoxy groups -OCH3 is 1. The fraction of sp³-hybridized carbons (Fsp3) is 0.238. The van der Waals surface area contributed by atoms with Crippen molar-refractivity contribution >= 4 is 22.5 Å². The van der Waals surface area contributed by atoms with E-state index in [1.165, 1.54) is 0 Å². The average Bonchev–Trinajstić information content (AvgIpc) is 3.18. The van der Waals surface area contributed by atoms with Crippen LogP contribution in [0.15, 0.2) is 49.1 Å². The number of aliphatic hydroxyl groups is 1. The maximum atomic E-state index is 9.12. The second kappa shape index (κ2) is 8.24. The van der Waals surface area contributed by atoms with E-state index < -0.39 is 0 Å². The summed E-state index contributed by atoms with van der Waals surface area (Å²) in [6, 6.07) is 7.77. The molecule has 0 spiro atoms. The van der Waals surface area contributed by atoms with Gasteiger partial charge in [0.1, 0.15) is 5.75 Å². The molecule has 0 atom stereocenters. The Kier molecular flexibility index (Phi) is 5.35. The van der Waals surface area contributed by atoms with Crippen LogP contribution < -0.4 is 10.1 Å². The molecule has 0 aliphatic carbocycles. The highest BCUT2D eigenvalue weighted by molar-refractivity contribution is 5.81. The Bertz CT molecular complexity index is 1140. The zero-order chi connectivity index (χ0) is 20.2. The Morgan fingerprint density at radius 2 is 2.03 bits per heavy atom. The molecule has 8 nitrogen and oxygen atoms in total. The Hall–Kier alpha value is -3.52. The normalized spacial score (nSPS) is 11.0. The summed E-state index contributed by atoms with van der Waals surface area (Å²) in [5.41, 5.74) is 4.42. The number of nitrogens with zero attached hydrogens (tertiary/aromatic N) is 5. The van der Waals surface area contributed by atoms with Gasteiger partial charge in [-0.3, -0.25) is 9.67 Å². The summed E-state index contributed by atoms with van der Waals surface area (Å²) in [5.74, 6) is 1.14. The van der Waals surface area contributed by atoms with Gasteiger partial charge in [-0.15, -0.1) is 0 Å². The number of benzene rings is 1. The first-order valence-electron chi connectivity index (χ1n) is 9.33. The van der Waals surface area contributed by atoms with Crippen molar-refractivity contribution in [3.05, 3.63) is 54.7 Å². The number of anilines is 2. The largest absolute Gasteiger partial charge is 0.495 e. The first-order valence-corrected chi connectivity index (χ1v) is 9.33. The van der Waals surface area contributed by atoms with Gasteiger partial charge in [-0.25, -0.2) is 9.97 Å². The molecule has 29 heavy (non-hydrogen) atoms. The highest BCUT2D eigenvalue weighted by Gasteiger charge is 2.11. The van der Waals surface area contributed by atoms with Gasteiger partial charge in [0.2, 0.25) is 5.95 Å². The maximum absolute atomic E-state index is 9.12. The van der Waals surface area contributed by atoms with Crippen molar-refractivity contribution in [2.24, 2.45) is 7.05 Å². The summed E-state index contributed by atoms with van der Waals surface area (Å²) in [4.78, 5) is 13.5. The van der Waals surface area contributed by atoms with Gasteiger partial charge in [0.15, 0.2) is 0 Å². The predicted molar refractivity (Wildman–Crippen MR) is 111 cm³/mol. The van der Waals surface area contributed by atoms with Crippen LogP contribution in [0.25, 0.3) is 22.0 Å². The molecule has 0 radical (unpaired) electrons. The van der Waals surface area contributed by atoms with Crippen LogP contribution in [0.5, 0.6) is 5.75 Å². The van der Waals surface area contributed by atoms with E-state index in [4.69, 9.17) is 9.84 Å². The van der Waals surface area contributed by atoms with Gasteiger partial charge in [-0.2, -0.15) is 5.10 Å². The van der Waals surface area contributed by atoms with E-state index in [1.54, 1.807) is 24.2 Å². The molecule has 3 aromatic heterocycles. The van der Waals surface area contributed by atoms with Gasteiger partial charge in [-0.1, -0.05) is 6.07 Å². The maximum Gasteiger partial charge on any atom is 0.227 e. The third kappa shape index (κ3) is 4.02. The molecular formula is C21H22N6O2. The van der Waals surface area contributed by atoms with Gasteiger partial charge in [-0.05, 0) is 36.6 Å². The molecule has 2 N–H and O–H groups in total. The molecule has 4 aromatic rings. The molecule has 1 aromatic carbocycles. The van der Waals surface area contributed by atoms with Crippen LogP contribution >= 0.6 is 0 Å². The Morgan fingerprint density at radius 3 is 2.79 bits per heavy atom. The van der Waals surface area contributed by atoms with Crippen LogP contribution in [0.1, 0.15) is 12.1 Å². The van der Waals surface area contributed by atoms with Crippen molar-refractivity contribution in [2.75, 3.05) is 19.0 Å². The Labute approximate surface area is 168 Å². The molecule has 0 fully saturated rings. The third-order valence-electron chi connectivity index (χ3n) is 4.63. The first kappa shape index (κ1) is 18.8. The molecule has 4 rings (SSSR count). The molecule has 148 valence electrons. The van der Waals surface area contributed by atoms with Crippen molar-refractivity contribution < 1.29 is 9.84 Å². The van der Waals surface area contributed by atoms with Gasteiger partial charge in [0, 0.05) is 43.2 Å². The van der Waals surface area contributed by atoms with E-state index in [9.17, 15) is 0 Å². The quantitative estimate of drug-likeness (QED) is 0.500. The minimum atomic E-state index is 0.120. The van der Waals surface area contributed by atoms with Crippen LogP contribution in [0.4, 0.5) is 11.6 Å². The van der Waals surface area contributed by atoms with E-state index in [2.05, 4.69) is 25.4 Å². The van der Waals surface area contributed by atoms with E-state index in [-0.39, 0.29) is 6.61 Å². The minimum absolute atomic E-state index is 0.120. The standard InChI is InChI=1S/C21H22N6O2/c1-27-13-16(12-24-27)14-5-6-17(19(10-14)29-2)25-21-23-11-15-7-8-22-18(4-3-9-28)20(15)26-21/h5-8,10-13,28H,3-4,9H2,1-2H3,(H,23,25,26). The summed E-state index contributed by atoms with van der Waals surface area (Å²) >= 11 is 0. The molecule has 0 saturated heterocycles. The first-order chi connectivity index (χ1) is 14.2. The van der Waals surface area contributed by atoms with Gasteiger partial charge >= 0.3 is 0 Å². The molecular weight excluding hydrogens is 368 g/mol. The van der Waals surface area contributed by atoms with E-state index in [1.807, 2.05) is 43.7 Å². The number of ether oxygens (including phenoxy) is 1. The second-order valence-electron chi connectivity index (χ2n) is 6.66. The van der Waals surface area contributed by atoms with E-state index >= 15 is 0 Å².